The van der Waals surface area contributed by atoms with Gasteiger partial charge in [-0.3, -0.25) is 19.9 Å². The number of nitrogens with zero attached hydrogens (tertiary/aromatic N) is 3. The van der Waals surface area contributed by atoms with Gasteiger partial charge < -0.3 is 5.11 Å². The van der Waals surface area contributed by atoms with E-state index in [9.17, 15) is 15.2 Å². The van der Waals surface area contributed by atoms with Crippen LogP contribution in [0.3, 0.4) is 0 Å². The summed E-state index contributed by atoms with van der Waals surface area (Å²) >= 11 is 0. The molecule has 0 aromatic carbocycles. The van der Waals surface area contributed by atoms with E-state index in [1.54, 1.807) is 0 Å². The van der Waals surface area contributed by atoms with Crippen molar-refractivity contribution < 1.29 is 10.0 Å². The fraction of sp³-hybridized carbons (Fsp3) is 1.00. The second-order valence-electron chi connectivity index (χ2n) is 4.94. The molecule has 1 rings (SSSR count). The van der Waals surface area contributed by atoms with Crippen LogP contribution >= 0.6 is 0 Å². The molecule has 0 aliphatic carbocycles. The molecular weight excluding hydrogens is 210 g/mol. The van der Waals surface area contributed by atoms with Crippen LogP contribution in [0.1, 0.15) is 13.8 Å². The van der Waals surface area contributed by atoms with Crippen molar-refractivity contribution in [2.24, 2.45) is 0 Å². The Bertz CT molecular complexity index is 260. The molecule has 1 unspecified atom stereocenters. The van der Waals surface area contributed by atoms with E-state index in [-0.39, 0.29) is 11.0 Å². The Morgan fingerprint density at radius 2 is 2.06 bits per heavy atom. The van der Waals surface area contributed by atoms with Crippen molar-refractivity contribution in [3.8, 4) is 0 Å². The molecule has 0 aromatic rings. The second kappa shape index (κ2) is 5.07. The summed E-state index contributed by atoms with van der Waals surface area (Å²) in [6, 6.07) is 0.261. The van der Waals surface area contributed by atoms with Crippen LogP contribution < -0.4 is 0 Å². The van der Waals surface area contributed by atoms with E-state index in [2.05, 4.69) is 4.90 Å². The molecule has 94 valence electrons. The average Bonchev–Trinajstić information content (AvgIpc) is 2.38. The molecule has 0 saturated carbocycles. The Balaban J connectivity index is 2.92. The number of aliphatic hydroxyl groups is 1. The minimum Gasteiger partial charge on any atom is -0.389 e. The maximum absolute atomic E-state index is 11.2. The highest BCUT2D eigenvalue weighted by Crippen LogP contribution is 2.18. The summed E-state index contributed by atoms with van der Waals surface area (Å²) in [5.74, 6) is 0. The third-order valence-corrected chi connectivity index (χ3v) is 3.24. The van der Waals surface area contributed by atoms with Crippen molar-refractivity contribution in [3.63, 3.8) is 0 Å². The standard InChI is InChI=1S/C10H21N3O3/c1-9(2)12-5-4-11(3)6-10(7-12,8-14)13(15)16/h9,14H,4-8H2,1-3H3. The monoisotopic (exact) mass is 231 g/mol. The molecule has 0 bridgehead atoms. The number of aliphatic hydroxyl groups excluding tert-OH is 1. The number of hydrogen-bond donors (Lipinski definition) is 1. The summed E-state index contributed by atoms with van der Waals surface area (Å²) in [5.41, 5.74) is -1.24. The van der Waals surface area contributed by atoms with E-state index in [1.165, 1.54) is 0 Å². The lowest BCUT2D eigenvalue weighted by molar-refractivity contribution is -0.573. The first-order valence-electron chi connectivity index (χ1n) is 5.59. The van der Waals surface area contributed by atoms with Gasteiger partial charge in [0, 0.05) is 24.1 Å². The van der Waals surface area contributed by atoms with Crippen molar-refractivity contribution in [1.29, 1.82) is 0 Å². The van der Waals surface area contributed by atoms with Crippen molar-refractivity contribution in [2.75, 3.05) is 39.8 Å². The molecule has 0 spiro atoms. The minimum absolute atomic E-state index is 0.261. The first-order valence-corrected chi connectivity index (χ1v) is 5.59. The Morgan fingerprint density at radius 1 is 1.44 bits per heavy atom. The third kappa shape index (κ3) is 2.69. The molecule has 1 atom stereocenters. The lowest BCUT2D eigenvalue weighted by Crippen LogP contribution is -2.56. The predicted molar refractivity (Wildman–Crippen MR) is 61.0 cm³/mol. The molecule has 0 radical (unpaired) electrons. The van der Waals surface area contributed by atoms with Crippen LogP contribution in [0.4, 0.5) is 0 Å². The molecule has 0 amide bonds. The third-order valence-electron chi connectivity index (χ3n) is 3.24. The van der Waals surface area contributed by atoms with E-state index in [0.29, 0.717) is 13.1 Å². The molecule has 6 nitrogen and oxygen atoms in total. The molecule has 1 fully saturated rings. The van der Waals surface area contributed by atoms with E-state index in [4.69, 9.17) is 0 Å². The summed E-state index contributed by atoms with van der Waals surface area (Å²) < 4.78 is 0. The Hall–Kier alpha value is -0.720. The number of likely N-dealkylation sites (N-methyl/N-ethyl adjacent to an activating group) is 1. The summed E-state index contributed by atoms with van der Waals surface area (Å²) in [5, 5.41) is 20.5. The summed E-state index contributed by atoms with van der Waals surface area (Å²) in [6.07, 6.45) is 0. The number of hydrogen-bond acceptors (Lipinski definition) is 5. The van der Waals surface area contributed by atoms with Crippen LogP contribution in [0, 0.1) is 10.1 Å². The van der Waals surface area contributed by atoms with Gasteiger partial charge in [0.15, 0.2) is 0 Å². The lowest BCUT2D eigenvalue weighted by atomic mass is 10.0. The molecule has 1 aliphatic heterocycles. The first kappa shape index (κ1) is 13.3. The molecule has 0 aromatic heterocycles. The normalized spacial score (nSPS) is 29.3. The average molecular weight is 231 g/mol. The largest absolute Gasteiger partial charge is 0.389 e. The van der Waals surface area contributed by atoms with Gasteiger partial charge in [-0.15, -0.1) is 0 Å². The number of nitro groups is 1. The maximum Gasteiger partial charge on any atom is 0.269 e. The fourth-order valence-electron chi connectivity index (χ4n) is 2.10. The van der Waals surface area contributed by atoms with Gasteiger partial charge in [0.05, 0.1) is 13.1 Å². The van der Waals surface area contributed by atoms with Crippen LogP contribution in [0.2, 0.25) is 0 Å². The molecule has 16 heavy (non-hydrogen) atoms. The maximum atomic E-state index is 11.2. The number of rotatable bonds is 3. The van der Waals surface area contributed by atoms with E-state index < -0.39 is 12.1 Å². The van der Waals surface area contributed by atoms with Gasteiger partial charge in [-0.25, -0.2) is 0 Å². The van der Waals surface area contributed by atoms with Gasteiger partial charge in [0.25, 0.3) is 5.54 Å². The van der Waals surface area contributed by atoms with Crippen molar-refractivity contribution >= 4 is 0 Å². The zero-order valence-electron chi connectivity index (χ0n) is 10.2. The Labute approximate surface area is 96.0 Å². The topological polar surface area (TPSA) is 69.8 Å². The van der Waals surface area contributed by atoms with Gasteiger partial charge in [-0.05, 0) is 20.9 Å². The van der Waals surface area contributed by atoms with Gasteiger partial charge in [0.1, 0.15) is 6.61 Å². The summed E-state index contributed by atoms with van der Waals surface area (Å²) in [7, 11) is 1.86. The minimum atomic E-state index is -1.24. The first-order chi connectivity index (χ1) is 7.41. The van der Waals surface area contributed by atoms with Crippen LogP contribution in [0.15, 0.2) is 0 Å². The van der Waals surface area contributed by atoms with E-state index >= 15 is 0 Å². The van der Waals surface area contributed by atoms with Gasteiger partial charge >= 0.3 is 0 Å². The Kier molecular flexibility index (Phi) is 4.23. The fourth-order valence-corrected chi connectivity index (χ4v) is 2.10. The quantitative estimate of drug-likeness (QED) is 0.531. The molecule has 1 heterocycles. The molecular formula is C10H21N3O3. The van der Waals surface area contributed by atoms with Crippen molar-refractivity contribution in [3.05, 3.63) is 10.1 Å². The Morgan fingerprint density at radius 3 is 2.50 bits per heavy atom. The zero-order valence-corrected chi connectivity index (χ0v) is 10.2. The smallest absolute Gasteiger partial charge is 0.269 e. The highest BCUT2D eigenvalue weighted by molar-refractivity contribution is 4.89. The predicted octanol–water partition coefficient (Wildman–Crippen LogP) is -0.350. The van der Waals surface area contributed by atoms with E-state index in [1.807, 2.05) is 25.8 Å². The highest BCUT2D eigenvalue weighted by atomic mass is 16.6. The molecule has 1 saturated heterocycles. The zero-order chi connectivity index (χ0) is 12.3. The summed E-state index contributed by atoms with van der Waals surface area (Å²) in [4.78, 5) is 14.8. The highest BCUT2D eigenvalue weighted by Gasteiger charge is 2.46. The lowest BCUT2D eigenvalue weighted by Gasteiger charge is -2.30. The summed E-state index contributed by atoms with van der Waals surface area (Å²) in [6.45, 7) is 5.87. The van der Waals surface area contributed by atoms with Crippen LogP contribution in [0.5, 0.6) is 0 Å². The van der Waals surface area contributed by atoms with Gasteiger partial charge in [0.2, 0.25) is 0 Å². The molecule has 6 heteroatoms. The SMILES string of the molecule is CC(C)N1CCN(C)CC(CO)([N+](=O)[O-])C1. The van der Waals surface area contributed by atoms with Crippen molar-refractivity contribution in [2.45, 2.75) is 25.4 Å². The molecule has 1 N–H and O–H groups in total. The van der Waals surface area contributed by atoms with E-state index in [0.717, 1.165) is 13.1 Å². The van der Waals surface area contributed by atoms with Crippen molar-refractivity contribution in [1.82, 2.24) is 9.80 Å². The molecule has 1 aliphatic rings. The van der Waals surface area contributed by atoms with Gasteiger partial charge in [-0.1, -0.05) is 0 Å². The van der Waals surface area contributed by atoms with Gasteiger partial charge in [-0.2, -0.15) is 0 Å². The van der Waals surface area contributed by atoms with Crippen LogP contribution in [0.25, 0.3) is 0 Å². The van der Waals surface area contributed by atoms with Crippen LogP contribution in [-0.4, -0.2) is 71.2 Å². The second-order valence-corrected chi connectivity index (χ2v) is 4.94. The van der Waals surface area contributed by atoms with Crippen LogP contribution in [-0.2, 0) is 0 Å².